The van der Waals surface area contributed by atoms with E-state index in [0.717, 1.165) is 31.6 Å². The molecule has 4 rings (SSSR count). The van der Waals surface area contributed by atoms with E-state index in [1.165, 1.54) is 12.8 Å². The van der Waals surface area contributed by atoms with E-state index in [4.69, 9.17) is 4.74 Å². The van der Waals surface area contributed by atoms with Gasteiger partial charge in [0.25, 0.3) is 0 Å². The van der Waals surface area contributed by atoms with Crippen LogP contribution in [0.1, 0.15) is 16.9 Å². The molecule has 3 atom stereocenters. The Hall–Kier alpha value is -0.380. The average molecular weight is 221 g/mol. The fraction of sp³-hybridized carbons (Fsp3) is 0.667. The van der Waals surface area contributed by atoms with Gasteiger partial charge in [-0.3, -0.25) is 0 Å². The van der Waals surface area contributed by atoms with Crippen LogP contribution in [0.5, 0.6) is 0 Å². The largest absolute Gasteiger partial charge is 0.381 e. The van der Waals surface area contributed by atoms with E-state index in [1.807, 2.05) is 11.3 Å². The molecule has 1 spiro atoms. The van der Waals surface area contributed by atoms with Gasteiger partial charge in [-0.15, -0.1) is 11.3 Å². The van der Waals surface area contributed by atoms with Crippen LogP contribution in [0.15, 0.2) is 11.4 Å². The Kier molecular flexibility index (Phi) is 1.66. The molecule has 1 saturated heterocycles. The predicted octanol–water partition coefficient (Wildman–Crippen LogP) is 1.76. The summed E-state index contributed by atoms with van der Waals surface area (Å²) in [6, 6.07) is 2.33. The number of hydrogen-bond donors (Lipinski definition) is 1. The first kappa shape index (κ1) is 8.74. The van der Waals surface area contributed by atoms with E-state index in [-0.39, 0.29) is 0 Å². The molecule has 3 aliphatic rings. The van der Waals surface area contributed by atoms with Crippen molar-refractivity contribution in [3.8, 4) is 0 Å². The number of rotatable bonds is 0. The SMILES string of the molecule is c1cc2c(s1)CCNC21CC2COCC21. The van der Waals surface area contributed by atoms with Gasteiger partial charge in [0.15, 0.2) is 0 Å². The van der Waals surface area contributed by atoms with Crippen molar-refractivity contribution in [2.75, 3.05) is 19.8 Å². The Balaban J connectivity index is 1.80. The predicted molar refractivity (Wildman–Crippen MR) is 60.1 cm³/mol. The van der Waals surface area contributed by atoms with Gasteiger partial charge in [0.05, 0.1) is 12.1 Å². The third-order valence-corrected chi connectivity index (χ3v) is 5.41. The van der Waals surface area contributed by atoms with Crippen LogP contribution in [0.2, 0.25) is 0 Å². The van der Waals surface area contributed by atoms with Crippen LogP contribution in [0.3, 0.4) is 0 Å². The maximum Gasteiger partial charge on any atom is 0.0518 e. The third-order valence-electron chi connectivity index (χ3n) is 4.43. The highest BCUT2D eigenvalue weighted by molar-refractivity contribution is 7.10. The summed E-state index contributed by atoms with van der Waals surface area (Å²) in [6.07, 6.45) is 2.51. The second-order valence-corrected chi connectivity index (χ2v) is 6.01. The number of ether oxygens (including phenoxy) is 1. The summed E-state index contributed by atoms with van der Waals surface area (Å²) in [4.78, 5) is 1.61. The van der Waals surface area contributed by atoms with Crippen LogP contribution in [0.4, 0.5) is 0 Å². The molecule has 0 bridgehead atoms. The van der Waals surface area contributed by atoms with E-state index in [9.17, 15) is 0 Å². The second kappa shape index (κ2) is 2.84. The average Bonchev–Trinajstić information content (AvgIpc) is 2.82. The summed E-state index contributed by atoms with van der Waals surface area (Å²) in [5.41, 5.74) is 1.89. The van der Waals surface area contributed by atoms with Crippen molar-refractivity contribution in [1.82, 2.24) is 5.32 Å². The fourth-order valence-electron chi connectivity index (χ4n) is 3.69. The molecule has 1 aromatic rings. The number of thiophene rings is 1. The van der Waals surface area contributed by atoms with Crippen molar-refractivity contribution in [1.29, 1.82) is 0 Å². The lowest BCUT2D eigenvalue weighted by atomic mass is 9.57. The highest BCUT2D eigenvalue weighted by atomic mass is 32.1. The van der Waals surface area contributed by atoms with E-state index in [1.54, 1.807) is 10.4 Å². The van der Waals surface area contributed by atoms with Crippen molar-refractivity contribution in [2.45, 2.75) is 18.4 Å². The molecular weight excluding hydrogens is 206 g/mol. The van der Waals surface area contributed by atoms with Gasteiger partial charge in [-0.25, -0.2) is 0 Å². The van der Waals surface area contributed by atoms with Crippen molar-refractivity contribution in [3.63, 3.8) is 0 Å². The second-order valence-electron chi connectivity index (χ2n) is 5.01. The molecular formula is C12H15NOS. The molecule has 2 aliphatic heterocycles. The van der Waals surface area contributed by atoms with Crippen LogP contribution in [0, 0.1) is 11.8 Å². The van der Waals surface area contributed by atoms with E-state index >= 15 is 0 Å². The summed E-state index contributed by atoms with van der Waals surface area (Å²) in [5, 5.41) is 6.02. The molecule has 15 heavy (non-hydrogen) atoms. The Morgan fingerprint density at radius 3 is 3.40 bits per heavy atom. The minimum absolute atomic E-state index is 0.300. The molecule has 3 heterocycles. The molecule has 1 aromatic heterocycles. The van der Waals surface area contributed by atoms with Gasteiger partial charge in [-0.2, -0.15) is 0 Å². The van der Waals surface area contributed by atoms with Crippen molar-refractivity contribution >= 4 is 11.3 Å². The molecule has 0 aromatic carbocycles. The topological polar surface area (TPSA) is 21.3 Å². The highest BCUT2D eigenvalue weighted by Gasteiger charge is 2.58. The normalized spacial score (nSPS) is 42.4. The molecule has 0 radical (unpaired) electrons. The first-order chi connectivity index (χ1) is 7.40. The maximum absolute atomic E-state index is 5.61. The number of nitrogens with one attached hydrogen (secondary N) is 1. The Bertz CT molecular complexity index is 402. The van der Waals surface area contributed by atoms with E-state index in [0.29, 0.717) is 5.54 Å². The summed E-state index contributed by atoms with van der Waals surface area (Å²) < 4.78 is 5.61. The zero-order chi connectivity index (χ0) is 9.88. The first-order valence-corrected chi connectivity index (χ1v) is 6.68. The number of fused-ring (bicyclic) bond motifs is 4. The van der Waals surface area contributed by atoms with Gasteiger partial charge in [-0.05, 0) is 35.8 Å². The van der Waals surface area contributed by atoms with Crippen LogP contribution in [-0.2, 0) is 16.7 Å². The van der Waals surface area contributed by atoms with Crippen molar-refractivity contribution in [2.24, 2.45) is 11.8 Å². The summed E-state index contributed by atoms with van der Waals surface area (Å²) in [7, 11) is 0. The van der Waals surface area contributed by atoms with Gasteiger partial charge in [0.1, 0.15) is 0 Å². The molecule has 1 aliphatic carbocycles. The summed E-state index contributed by atoms with van der Waals surface area (Å²) >= 11 is 1.93. The number of hydrogen-bond acceptors (Lipinski definition) is 3. The molecule has 3 heteroatoms. The zero-order valence-corrected chi connectivity index (χ0v) is 9.48. The lowest BCUT2D eigenvalue weighted by Crippen LogP contribution is -2.62. The maximum atomic E-state index is 5.61. The minimum Gasteiger partial charge on any atom is -0.381 e. The van der Waals surface area contributed by atoms with E-state index < -0.39 is 0 Å². The lowest BCUT2D eigenvalue weighted by molar-refractivity contribution is 0.0330. The molecule has 3 unspecified atom stereocenters. The van der Waals surface area contributed by atoms with Crippen LogP contribution < -0.4 is 5.32 Å². The smallest absolute Gasteiger partial charge is 0.0518 e. The van der Waals surface area contributed by atoms with Gasteiger partial charge in [-0.1, -0.05) is 0 Å². The Morgan fingerprint density at radius 1 is 1.47 bits per heavy atom. The van der Waals surface area contributed by atoms with Gasteiger partial charge in [0.2, 0.25) is 0 Å². The third kappa shape index (κ3) is 0.967. The summed E-state index contributed by atoms with van der Waals surface area (Å²) in [5.74, 6) is 1.56. The molecule has 1 saturated carbocycles. The standard InChI is InChI=1S/C12H15NOS/c1-3-13-12(9-2-4-15-11(1)9)5-8-6-14-7-10(8)12/h2,4,8,10,13H,1,3,5-7H2. The molecule has 1 N–H and O–H groups in total. The minimum atomic E-state index is 0.300. The van der Waals surface area contributed by atoms with Gasteiger partial charge in [0, 0.05) is 23.9 Å². The molecule has 80 valence electrons. The zero-order valence-electron chi connectivity index (χ0n) is 8.66. The van der Waals surface area contributed by atoms with E-state index in [2.05, 4.69) is 16.8 Å². The van der Waals surface area contributed by atoms with Gasteiger partial charge < -0.3 is 10.1 Å². The lowest BCUT2D eigenvalue weighted by Gasteiger charge is -2.54. The quantitative estimate of drug-likeness (QED) is 0.720. The summed E-state index contributed by atoms with van der Waals surface area (Å²) in [6.45, 7) is 3.11. The van der Waals surface area contributed by atoms with Crippen LogP contribution in [-0.4, -0.2) is 19.8 Å². The Morgan fingerprint density at radius 2 is 2.47 bits per heavy atom. The van der Waals surface area contributed by atoms with Gasteiger partial charge >= 0.3 is 0 Å². The van der Waals surface area contributed by atoms with Crippen LogP contribution in [0.25, 0.3) is 0 Å². The highest BCUT2D eigenvalue weighted by Crippen LogP contribution is 2.56. The Labute approximate surface area is 93.6 Å². The van der Waals surface area contributed by atoms with Crippen molar-refractivity contribution in [3.05, 3.63) is 21.9 Å². The van der Waals surface area contributed by atoms with Crippen molar-refractivity contribution < 1.29 is 4.74 Å². The monoisotopic (exact) mass is 221 g/mol. The molecule has 2 nitrogen and oxygen atoms in total. The van der Waals surface area contributed by atoms with Crippen LogP contribution >= 0.6 is 11.3 Å². The molecule has 0 amide bonds. The first-order valence-electron chi connectivity index (χ1n) is 5.80. The molecule has 2 fully saturated rings. The fourth-order valence-corrected chi connectivity index (χ4v) is 4.65.